The third-order valence-electron chi connectivity index (χ3n) is 10.6. The summed E-state index contributed by atoms with van der Waals surface area (Å²) >= 11 is 0. The molecule has 7 aromatic carbocycles. The molecule has 0 saturated heterocycles. The number of ether oxygens (including phenoxy) is 2. The van der Waals surface area contributed by atoms with Gasteiger partial charge in [-0.15, -0.1) is 41.0 Å². The lowest BCUT2D eigenvalue weighted by Crippen LogP contribution is -2.28. The zero-order valence-corrected chi connectivity index (χ0v) is 39.6. The van der Waals surface area contributed by atoms with Crippen molar-refractivity contribution in [1.82, 2.24) is 0 Å². The fraction of sp³-hybridized carbons (Fsp3) is 0.157. The first-order chi connectivity index (χ1) is 27.5. The van der Waals surface area contributed by atoms with E-state index < -0.39 is 5.60 Å². The number of aryl methyl sites for hydroxylation is 4. The highest BCUT2D eigenvalue weighted by Gasteiger charge is 2.28. The van der Waals surface area contributed by atoms with Crippen LogP contribution in [0.25, 0.3) is 50.1 Å². The Bertz CT molecular complexity index is 2800. The Kier molecular flexibility index (Phi) is 13.6. The average Bonchev–Trinajstić information content (AvgIpc) is 3.73. The van der Waals surface area contributed by atoms with Crippen LogP contribution in [0, 0.1) is 27.7 Å². The summed E-state index contributed by atoms with van der Waals surface area (Å²) in [7, 11) is -0.244. The molecule has 0 aliphatic carbocycles. The van der Waals surface area contributed by atoms with Crippen LogP contribution < -0.4 is 4.74 Å². The summed E-state index contributed by atoms with van der Waals surface area (Å²) in [5, 5.41) is 15.4. The largest absolute Gasteiger partial charge is 0.507 e. The van der Waals surface area contributed by atoms with Gasteiger partial charge in [-0.2, -0.15) is 0 Å². The van der Waals surface area contributed by atoms with E-state index in [0.29, 0.717) is 5.75 Å². The summed E-state index contributed by atoms with van der Waals surface area (Å²) in [6.45, 7) is 11.7. The van der Waals surface area contributed by atoms with Crippen LogP contribution in [-0.4, -0.2) is 17.7 Å². The molecule has 4 nitrogen and oxygen atoms in total. The maximum atomic E-state index is 12.6. The van der Waals surface area contributed by atoms with Gasteiger partial charge in [-0.05, 0) is 118 Å². The molecule has 1 N–H and O–H groups in total. The van der Waals surface area contributed by atoms with Gasteiger partial charge in [-0.1, -0.05) is 78.9 Å². The van der Waals surface area contributed by atoms with Gasteiger partial charge < -0.3 is 14.6 Å². The van der Waals surface area contributed by atoms with Crippen molar-refractivity contribution >= 4 is 108 Å². The molecule has 59 heavy (non-hydrogen) atoms. The van der Waals surface area contributed by atoms with E-state index in [0.717, 1.165) is 33.6 Å². The molecule has 0 radical (unpaired) electrons. The van der Waals surface area contributed by atoms with Gasteiger partial charge in [0, 0.05) is 66.8 Å². The quantitative estimate of drug-likeness (QED) is 0.0982. The predicted octanol–water partition coefficient (Wildman–Crippen LogP) is 15.5. The number of phenols is 1. The van der Waals surface area contributed by atoms with E-state index in [2.05, 4.69) is 121 Å². The second-order valence-corrected chi connectivity index (χ2v) is 19.0. The molecule has 0 saturated carbocycles. The number of carbonyl (C=O) groups excluding carboxylic acids is 1. The normalized spacial score (nSPS) is 11.2. The number of hydrogen-bond donors (Lipinski definition) is 1. The summed E-state index contributed by atoms with van der Waals surface area (Å²) in [6.07, 6.45) is 0. The van der Waals surface area contributed by atoms with Gasteiger partial charge in [0.2, 0.25) is 0 Å². The molecular weight excluding hydrogens is 947 g/mol. The highest BCUT2D eigenvalue weighted by atomic mass is 127. The summed E-state index contributed by atoms with van der Waals surface area (Å²) in [4.78, 5) is 15.2. The number of hydrogen-bond acceptors (Lipinski definition) is 4. The average molecular weight is 996 g/mol. The van der Waals surface area contributed by atoms with Crippen LogP contribution in [0.1, 0.15) is 41.7 Å². The molecule has 0 aliphatic heterocycles. The minimum atomic E-state index is -0.722. The summed E-state index contributed by atoms with van der Waals surface area (Å²) in [6, 6.07) is 53.1. The van der Waals surface area contributed by atoms with Gasteiger partial charge in [0.25, 0.3) is 0 Å². The van der Waals surface area contributed by atoms with Crippen LogP contribution in [0.4, 0.5) is 0 Å². The molecule has 0 bridgehead atoms. The fourth-order valence-electron chi connectivity index (χ4n) is 7.85. The van der Waals surface area contributed by atoms with Gasteiger partial charge in [-0.25, -0.2) is 4.79 Å². The third-order valence-corrected chi connectivity index (χ3v) is 15.1. The number of esters is 1. The molecule has 0 atom stereocenters. The fourth-order valence-corrected chi connectivity index (χ4v) is 13.0. The van der Waals surface area contributed by atoms with Crippen LogP contribution in [0.2, 0.25) is 0 Å². The van der Waals surface area contributed by atoms with Gasteiger partial charge >= 0.3 is 5.97 Å². The highest BCUT2D eigenvalue weighted by Crippen LogP contribution is 2.50. The zero-order chi connectivity index (χ0) is 39.8. The van der Waals surface area contributed by atoms with Crippen molar-refractivity contribution in [3.63, 3.8) is 0 Å². The van der Waals surface area contributed by atoms with Gasteiger partial charge in [-0.3, -0.25) is 0 Å². The first-order valence-corrected chi connectivity index (χ1v) is 21.6. The van der Waals surface area contributed by atoms with Crippen molar-refractivity contribution in [2.75, 3.05) is 6.61 Å². The topological polar surface area (TPSA) is 55.8 Å². The Morgan fingerprint density at radius 1 is 0.542 bits per heavy atom. The lowest BCUT2D eigenvalue weighted by molar-refractivity contribution is -0.159. The first-order valence-electron chi connectivity index (χ1n) is 19.2. The minimum absolute atomic E-state index is 0. The number of thiophene rings is 2. The van der Waals surface area contributed by atoms with Gasteiger partial charge in [0.1, 0.15) is 17.1 Å². The highest BCUT2D eigenvalue weighted by molar-refractivity contribution is 14.0. The number of fused-ring (bicyclic) bond motifs is 6. The molecule has 9 aromatic rings. The summed E-state index contributed by atoms with van der Waals surface area (Å²) < 4.78 is 17.2. The second kappa shape index (κ2) is 18.3. The Balaban J connectivity index is 0.000000210. The lowest BCUT2D eigenvalue weighted by atomic mass is 9.98. The van der Waals surface area contributed by atoms with Crippen LogP contribution >= 0.6 is 61.9 Å². The van der Waals surface area contributed by atoms with Gasteiger partial charge in [0.15, 0.2) is 35.2 Å². The lowest BCUT2D eigenvalue weighted by Gasteiger charge is -2.25. The van der Waals surface area contributed by atoms with Crippen molar-refractivity contribution in [3.8, 4) is 21.3 Å². The smallest absolute Gasteiger partial charge is 0.345 e. The van der Waals surface area contributed by atoms with E-state index in [-0.39, 0.29) is 74.5 Å². The predicted molar refractivity (Wildman–Crippen MR) is 268 cm³/mol. The Labute approximate surface area is 379 Å². The first kappa shape index (κ1) is 43.8. The number of halogens is 2. The van der Waals surface area contributed by atoms with E-state index in [9.17, 15) is 9.90 Å². The van der Waals surface area contributed by atoms with Crippen molar-refractivity contribution in [2.24, 2.45) is 0 Å². The van der Waals surface area contributed by atoms with Crippen molar-refractivity contribution in [2.45, 2.75) is 47.1 Å². The number of benzene rings is 7. The third kappa shape index (κ3) is 8.64. The number of aromatic hydroxyl groups is 1. The molecule has 300 valence electrons. The van der Waals surface area contributed by atoms with Crippen molar-refractivity contribution in [3.05, 3.63) is 179 Å². The number of phenolic OH excluding ortho intramolecular Hbond substituents is 1. The second-order valence-electron chi connectivity index (χ2n) is 15.0. The summed E-state index contributed by atoms with van der Waals surface area (Å²) in [5.41, 5.74) is 4.16. The SMILES string of the molecule is Br.Cc1cc(-[s+]2c3ccccc3c3ccccc32)cc(C)c1O.Cc1cc(-[s+]2c3ccccc3c3ccccc32)cc(C)c1OCC(=O)OC(C)(C)c1ccccc1.I. The van der Waals surface area contributed by atoms with E-state index in [1.807, 2.05) is 71.9 Å². The monoisotopic (exact) mass is 994 g/mol. The maximum absolute atomic E-state index is 12.6. The van der Waals surface area contributed by atoms with Crippen LogP contribution in [0.5, 0.6) is 11.5 Å². The van der Waals surface area contributed by atoms with E-state index in [1.54, 1.807) is 0 Å². The minimum Gasteiger partial charge on any atom is -0.507 e. The standard InChI is InChI=1S/C31H29O3S.C20H16OS.BrH.HI/c1-21-18-24(35-27-16-10-8-14-25(27)26-15-9-11-17-28(26)35)19-22(2)30(21)33-20-29(32)34-31(3,4)23-12-6-5-7-13-23;1-13-11-15(12-14(2)20(13)21)22-18-9-5-3-7-16(18)17-8-4-6-10-19(17)22;;/h5-19H,20H2,1-4H3;3-12H,1-2H3;2*1H/q+1;;;/p+1. The van der Waals surface area contributed by atoms with Crippen molar-refractivity contribution in [1.29, 1.82) is 0 Å². The van der Waals surface area contributed by atoms with E-state index >= 15 is 0 Å². The molecule has 9 rings (SSSR count). The van der Waals surface area contributed by atoms with Crippen molar-refractivity contribution < 1.29 is 19.4 Å². The van der Waals surface area contributed by atoms with Gasteiger partial charge in [0.05, 0.1) is 0 Å². The molecule has 0 fully saturated rings. The molecule has 0 aliphatic rings. The molecular formula is C51H48BrIO4S2+2. The Morgan fingerprint density at radius 2 is 0.881 bits per heavy atom. The molecule has 2 heterocycles. The van der Waals surface area contributed by atoms with E-state index in [1.165, 1.54) is 50.1 Å². The summed E-state index contributed by atoms with van der Waals surface area (Å²) in [5.74, 6) is 0.767. The molecule has 8 heteroatoms. The van der Waals surface area contributed by atoms with Crippen LogP contribution in [0.15, 0.2) is 152 Å². The van der Waals surface area contributed by atoms with Crippen LogP contribution in [0.3, 0.4) is 0 Å². The Hall–Kier alpha value is -4.74. The molecule has 2 aromatic heterocycles. The van der Waals surface area contributed by atoms with Crippen LogP contribution in [-0.2, 0) is 15.1 Å². The molecule has 0 unspecified atom stereocenters. The van der Waals surface area contributed by atoms with E-state index in [4.69, 9.17) is 9.47 Å². The number of rotatable bonds is 7. The maximum Gasteiger partial charge on any atom is 0.345 e. The molecule has 0 spiro atoms. The molecule has 0 amide bonds. The Morgan fingerprint density at radius 3 is 1.27 bits per heavy atom. The zero-order valence-electron chi connectivity index (χ0n) is 33.9. The number of carbonyl (C=O) groups is 1.